The van der Waals surface area contributed by atoms with E-state index in [9.17, 15) is 9.59 Å². The average Bonchev–Trinajstić information content (AvgIpc) is 3.03. The van der Waals surface area contributed by atoms with E-state index >= 15 is 0 Å². The molecule has 0 rings (SSSR count). The maximum Gasteiger partial charge on any atom is 0.306 e. The third-order valence-electron chi connectivity index (χ3n) is 8.29. The lowest BCUT2D eigenvalue weighted by Gasteiger charge is -2.18. The summed E-state index contributed by atoms with van der Waals surface area (Å²) < 4.78 is 5.72. The lowest BCUT2D eigenvalue weighted by Crippen LogP contribution is -2.19. The van der Waals surface area contributed by atoms with Crippen LogP contribution in [0.2, 0.25) is 0 Å². The smallest absolute Gasteiger partial charge is 0.306 e. The summed E-state index contributed by atoms with van der Waals surface area (Å²) in [4.78, 5) is 23.0. The van der Waals surface area contributed by atoms with Gasteiger partial charge in [0.2, 0.25) is 0 Å². The topological polar surface area (TPSA) is 63.6 Å². The fourth-order valence-corrected chi connectivity index (χ4v) is 5.44. The van der Waals surface area contributed by atoms with E-state index in [1.165, 1.54) is 128 Å². The van der Waals surface area contributed by atoms with Crippen molar-refractivity contribution in [3.05, 3.63) is 48.6 Å². The number of carboxylic acid groups (broad SMARTS) is 1. The van der Waals surface area contributed by atoms with Crippen LogP contribution < -0.4 is 0 Å². The molecule has 0 atom stereocenters. The lowest BCUT2D eigenvalue weighted by atomic mass is 10.0. The van der Waals surface area contributed by atoms with Gasteiger partial charge < -0.3 is 9.84 Å². The summed E-state index contributed by atoms with van der Waals surface area (Å²) in [5.41, 5.74) is 0. The first-order valence-corrected chi connectivity index (χ1v) is 19.1. The molecule has 4 nitrogen and oxygen atoms in total. The van der Waals surface area contributed by atoms with Gasteiger partial charge in [0.05, 0.1) is 12.8 Å². The lowest BCUT2D eigenvalue weighted by molar-refractivity contribution is -0.152. The third kappa shape index (κ3) is 36.2. The van der Waals surface area contributed by atoms with E-state index in [-0.39, 0.29) is 24.9 Å². The van der Waals surface area contributed by atoms with Crippen LogP contribution in [0.4, 0.5) is 0 Å². The van der Waals surface area contributed by atoms with Gasteiger partial charge in [-0.25, -0.2) is 0 Å². The number of carboxylic acids is 1. The molecule has 260 valence electrons. The second kappa shape index (κ2) is 36.4. The second-order valence-electron chi connectivity index (χ2n) is 12.8. The minimum Gasteiger partial charge on any atom is -0.481 e. The molecule has 0 spiro atoms. The largest absolute Gasteiger partial charge is 0.481 e. The summed E-state index contributed by atoms with van der Waals surface area (Å²) in [5.74, 6) is -1.30. The van der Waals surface area contributed by atoms with Crippen LogP contribution in [0.3, 0.4) is 0 Å². The van der Waals surface area contributed by atoms with E-state index in [1.54, 1.807) is 0 Å². The Kier molecular flexibility index (Phi) is 34.7. The average molecular weight is 629 g/mol. The molecule has 1 N–H and O–H groups in total. The summed E-state index contributed by atoms with van der Waals surface area (Å²) in [7, 11) is 0. The van der Waals surface area contributed by atoms with Crippen LogP contribution in [0.25, 0.3) is 0 Å². The van der Waals surface area contributed by atoms with Crippen LogP contribution in [-0.2, 0) is 14.3 Å². The molecule has 4 heteroatoms. The number of carbonyl (C=O) groups is 2. The van der Waals surface area contributed by atoms with Crippen molar-refractivity contribution in [2.75, 3.05) is 0 Å². The molecule has 0 aliphatic rings. The quantitative estimate of drug-likeness (QED) is 0.0437. The van der Waals surface area contributed by atoms with Crippen molar-refractivity contribution in [2.45, 2.75) is 200 Å². The van der Waals surface area contributed by atoms with Gasteiger partial charge in [0, 0.05) is 0 Å². The van der Waals surface area contributed by atoms with E-state index in [2.05, 4.69) is 62.5 Å². The summed E-state index contributed by atoms with van der Waals surface area (Å²) in [5, 5.41) is 8.89. The number of ether oxygens (including phenoxy) is 1. The highest BCUT2D eigenvalue weighted by molar-refractivity contribution is 5.76. The molecule has 0 aliphatic heterocycles. The zero-order valence-electron chi connectivity index (χ0n) is 29.7. The first-order chi connectivity index (χ1) is 22.1. The normalized spacial score (nSPS) is 12.2. The van der Waals surface area contributed by atoms with Gasteiger partial charge in [-0.3, -0.25) is 9.59 Å². The second-order valence-corrected chi connectivity index (χ2v) is 12.8. The van der Waals surface area contributed by atoms with E-state index < -0.39 is 5.97 Å². The summed E-state index contributed by atoms with van der Waals surface area (Å²) >= 11 is 0. The summed E-state index contributed by atoms with van der Waals surface area (Å²) in [6.07, 6.45) is 49.3. The van der Waals surface area contributed by atoms with Crippen molar-refractivity contribution in [2.24, 2.45) is 0 Å². The number of allylic oxidation sites excluding steroid dienone is 8. The molecule has 0 aromatic rings. The SMILES string of the molecule is CCCCC/C=C\C/C=C\CCCCCCCCC(CCCCCCCC/C=C\C/C=C\CCCCC)OC(=O)CCC(=O)O. The molecule has 45 heavy (non-hydrogen) atoms. The van der Waals surface area contributed by atoms with Crippen molar-refractivity contribution >= 4 is 11.9 Å². The van der Waals surface area contributed by atoms with Crippen molar-refractivity contribution in [3.63, 3.8) is 0 Å². The molecule has 0 radical (unpaired) electrons. The van der Waals surface area contributed by atoms with Crippen molar-refractivity contribution < 1.29 is 19.4 Å². The standard InChI is InChI=1S/C41H72O4/c1-3-5-7-9-11-13-15-17-19-21-23-25-27-29-31-33-35-39(45-41(44)38-37-40(42)43)36-34-32-30-28-26-24-22-20-18-16-14-12-10-8-6-4-2/h11-14,17-20,39H,3-10,15-16,21-38H2,1-2H3,(H,42,43)/b13-11-,14-12-,19-17-,20-18-. The fraction of sp³-hybridized carbons (Fsp3) is 0.756. The van der Waals surface area contributed by atoms with Gasteiger partial charge in [-0.15, -0.1) is 0 Å². The predicted molar refractivity (Wildman–Crippen MR) is 195 cm³/mol. The summed E-state index contributed by atoms with van der Waals surface area (Å²) in [6, 6.07) is 0. The Morgan fingerprint density at radius 2 is 0.844 bits per heavy atom. The van der Waals surface area contributed by atoms with E-state index in [4.69, 9.17) is 9.84 Å². The van der Waals surface area contributed by atoms with Crippen molar-refractivity contribution in [1.29, 1.82) is 0 Å². The van der Waals surface area contributed by atoms with Gasteiger partial charge in [0.15, 0.2) is 0 Å². The Morgan fingerprint density at radius 1 is 0.489 bits per heavy atom. The number of hydrogen-bond donors (Lipinski definition) is 1. The Bertz CT molecular complexity index is 715. The number of esters is 1. The van der Waals surface area contributed by atoms with Crippen LogP contribution >= 0.6 is 0 Å². The zero-order chi connectivity index (χ0) is 32.9. The van der Waals surface area contributed by atoms with Crippen LogP contribution in [0.15, 0.2) is 48.6 Å². The molecule has 0 aromatic carbocycles. The van der Waals surface area contributed by atoms with Crippen LogP contribution in [0, 0.1) is 0 Å². The van der Waals surface area contributed by atoms with E-state index in [0.29, 0.717) is 0 Å². The first kappa shape index (κ1) is 42.9. The maximum absolute atomic E-state index is 12.2. The van der Waals surface area contributed by atoms with Gasteiger partial charge in [-0.2, -0.15) is 0 Å². The molecule has 0 unspecified atom stereocenters. The highest BCUT2D eigenvalue weighted by Gasteiger charge is 2.15. The van der Waals surface area contributed by atoms with Gasteiger partial charge in [-0.1, -0.05) is 140 Å². The Balaban J connectivity index is 3.97. The zero-order valence-corrected chi connectivity index (χ0v) is 29.7. The molecular weight excluding hydrogens is 556 g/mol. The Hall–Kier alpha value is -2.10. The highest BCUT2D eigenvalue weighted by atomic mass is 16.5. The van der Waals surface area contributed by atoms with Crippen molar-refractivity contribution in [3.8, 4) is 0 Å². The number of aliphatic carboxylic acids is 1. The molecule has 0 saturated carbocycles. The molecule has 0 heterocycles. The monoisotopic (exact) mass is 629 g/mol. The number of unbranched alkanes of at least 4 members (excludes halogenated alkanes) is 18. The Labute approximate surface area is 279 Å². The van der Waals surface area contributed by atoms with Gasteiger partial charge >= 0.3 is 11.9 Å². The molecule has 0 aliphatic carbocycles. The minimum absolute atomic E-state index is 0.0286. The van der Waals surface area contributed by atoms with Crippen molar-refractivity contribution in [1.82, 2.24) is 0 Å². The number of hydrogen-bond acceptors (Lipinski definition) is 3. The summed E-state index contributed by atoms with van der Waals surface area (Å²) in [6.45, 7) is 4.49. The number of carbonyl (C=O) groups excluding carboxylic acids is 1. The third-order valence-corrected chi connectivity index (χ3v) is 8.29. The maximum atomic E-state index is 12.2. The molecular formula is C41H72O4. The molecule has 0 amide bonds. The Morgan fingerprint density at radius 3 is 1.22 bits per heavy atom. The number of rotatable bonds is 34. The minimum atomic E-state index is -0.946. The molecule has 0 saturated heterocycles. The van der Waals surface area contributed by atoms with Crippen LogP contribution in [0.5, 0.6) is 0 Å². The van der Waals surface area contributed by atoms with Gasteiger partial charge in [-0.05, 0) is 89.9 Å². The predicted octanol–water partition coefficient (Wildman–Crippen LogP) is 13.2. The molecule has 0 bridgehead atoms. The molecule has 0 fully saturated rings. The van der Waals surface area contributed by atoms with Gasteiger partial charge in [0.1, 0.15) is 6.10 Å². The highest BCUT2D eigenvalue weighted by Crippen LogP contribution is 2.18. The van der Waals surface area contributed by atoms with Gasteiger partial charge in [0.25, 0.3) is 0 Å². The van der Waals surface area contributed by atoms with Crippen LogP contribution in [-0.4, -0.2) is 23.1 Å². The molecule has 0 aromatic heterocycles. The van der Waals surface area contributed by atoms with E-state index in [1.807, 2.05) is 0 Å². The van der Waals surface area contributed by atoms with E-state index in [0.717, 1.165) is 38.5 Å². The first-order valence-electron chi connectivity index (χ1n) is 19.1. The van der Waals surface area contributed by atoms with Crippen LogP contribution in [0.1, 0.15) is 194 Å². The fourth-order valence-electron chi connectivity index (χ4n) is 5.44.